The number of rotatable bonds is 1. The number of hydrogen-bond donors (Lipinski definition) is 0. The molecule has 3 heterocycles. The third-order valence-electron chi connectivity index (χ3n) is 1.97. The van der Waals surface area contributed by atoms with Gasteiger partial charge in [-0.1, -0.05) is 0 Å². The van der Waals surface area contributed by atoms with Crippen LogP contribution in [0.5, 0.6) is 0 Å². The predicted molar refractivity (Wildman–Crippen MR) is 41.7 cm³/mol. The summed E-state index contributed by atoms with van der Waals surface area (Å²) in [5, 5.41) is 4.09. The molecule has 3 rings (SSSR count). The van der Waals surface area contributed by atoms with Gasteiger partial charge in [-0.15, -0.1) is 0 Å². The van der Waals surface area contributed by atoms with Gasteiger partial charge in [0.1, 0.15) is 6.10 Å². The van der Waals surface area contributed by atoms with Crippen LogP contribution in [0.1, 0.15) is 11.7 Å². The molecule has 2 aromatic heterocycles. The van der Waals surface area contributed by atoms with Gasteiger partial charge in [0.15, 0.2) is 5.65 Å². The SMILES string of the molecule is c1cc2ncc([C@H]3CO3)cn2n1. The molecular weight excluding hydrogens is 154 g/mol. The molecular formula is C8H7N3O. The van der Waals surface area contributed by atoms with E-state index in [4.69, 9.17) is 4.74 Å². The average Bonchev–Trinajstić information content (AvgIpc) is 2.84. The molecule has 1 aliphatic heterocycles. The van der Waals surface area contributed by atoms with Crippen LogP contribution in [0, 0.1) is 0 Å². The molecule has 0 saturated carbocycles. The van der Waals surface area contributed by atoms with Crippen LogP contribution in [0.2, 0.25) is 0 Å². The molecule has 1 saturated heterocycles. The second kappa shape index (κ2) is 2.04. The van der Waals surface area contributed by atoms with E-state index < -0.39 is 0 Å². The van der Waals surface area contributed by atoms with Gasteiger partial charge in [0.05, 0.1) is 12.8 Å². The fraction of sp³-hybridized carbons (Fsp3) is 0.250. The minimum Gasteiger partial charge on any atom is -0.368 e. The quantitative estimate of drug-likeness (QED) is 0.581. The molecule has 0 aliphatic carbocycles. The maximum atomic E-state index is 5.14. The number of nitrogens with zero attached hydrogens (tertiary/aromatic N) is 3. The van der Waals surface area contributed by atoms with Gasteiger partial charge in [0.25, 0.3) is 0 Å². The molecule has 0 bridgehead atoms. The van der Waals surface area contributed by atoms with Gasteiger partial charge in [-0.2, -0.15) is 5.10 Å². The van der Waals surface area contributed by atoms with Crippen LogP contribution in [0.25, 0.3) is 5.65 Å². The lowest BCUT2D eigenvalue weighted by Crippen LogP contribution is -1.92. The van der Waals surface area contributed by atoms with Crippen molar-refractivity contribution in [3.05, 3.63) is 30.2 Å². The smallest absolute Gasteiger partial charge is 0.154 e. The van der Waals surface area contributed by atoms with Crippen molar-refractivity contribution < 1.29 is 4.74 Å². The van der Waals surface area contributed by atoms with Crippen molar-refractivity contribution in [2.24, 2.45) is 0 Å². The van der Waals surface area contributed by atoms with Crippen molar-refractivity contribution in [3.8, 4) is 0 Å². The molecule has 2 aromatic rings. The van der Waals surface area contributed by atoms with E-state index in [1.807, 2.05) is 18.5 Å². The summed E-state index contributed by atoms with van der Waals surface area (Å²) in [6.07, 6.45) is 5.79. The topological polar surface area (TPSA) is 42.7 Å². The summed E-state index contributed by atoms with van der Waals surface area (Å²) in [5.41, 5.74) is 1.98. The fourth-order valence-corrected chi connectivity index (χ4v) is 1.23. The molecule has 1 aliphatic rings. The van der Waals surface area contributed by atoms with E-state index in [9.17, 15) is 0 Å². The number of ether oxygens (including phenoxy) is 1. The Bertz CT molecular complexity index is 419. The van der Waals surface area contributed by atoms with E-state index in [0.29, 0.717) is 0 Å². The zero-order valence-electron chi connectivity index (χ0n) is 6.34. The minimum atomic E-state index is 0.256. The molecule has 60 valence electrons. The molecule has 12 heavy (non-hydrogen) atoms. The summed E-state index contributed by atoms with van der Waals surface area (Å²) in [4.78, 5) is 4.22. The molecule has 0 spiro atoms. The number of aromatic nitrogens is 3. The number of hydrogen-bond acceptors (Lipinski definition) is 3. The second-order valence-electron chi connectivity index (χ2n) is 2.84. The summed E-state index contributed by atoms with van der Waals surface area (Å²) < 4.78 is 6.90. The summed E-state index contributed by atoms with van der Waals surface area (Å²) in [5.74, 6) is 0. The van der Waals surface area contributed by atoms with Crippen molar-refractivity contribution in [2.45, 2.75) is 6.10 Å². The van der Waals surface area contributed by atoms with E-state index in [2.05, 4.69) is 10.1 Å². The van der Waals surface area contributed by atoms with Gasteiger partial charge < -0.3 is 4.74 Å². The Kier molecular flexibility index (Phi) is 1.04. The lowest BCUT2D eigenvalue weighted by molar-refractivity contribution is 0.414. The van der Waals surface area contributed by atoms with E-state index in [1.165, 1.54) is 0 Å². The lowest BCUT2D eigenvalue weighted by atomic mass is 10.3. The minimum absolute atomic E-state index is 0.256. The molecule has 0 aromatic carbocycles. The van der Waals surface area contributed by atoms with E-state index in [0.717, 1.165) is 17.8 Å². The maximum Gasteiger partial charge on any atom is 0.154 e. The van der Waals surface area contributed by atoms with Gasteiger partial charge >= 0.3 is 0 Å². The maximum absolute atomic E-state index is 5.14. The summed E-state index contributed by atoms with van der Waals surface area (Å²) >= 11 is 0. The highest BCUT2D eigenvalue weighted by molar-refractivity contribution is 5.36. The van der Waals surface area contributed by atoms with Gasteiger partial charge in [-0.25, -0.2) is 9.50 Å². The Labute approximate surface area is 68.8 Å². The standard InChI is InChI=1S/C8H7N3O/c1-2-10-11-4-6(7-5-12-7)3-9-8(1)11/h1-4,7H,5H2/t7-/m1/s1. The van der Waals surface area contributed by atoms with E-state index in [1.54, 1.807) is 10.7 Å². The number of fused-ring (bicyclic) bond motifs is 1. The van der Waals surface area contributed by atoms with Gasteiger partial charge in [0.2, 0.25) is 0 Å². The molecule has 4 nitrogen and oxygen atoms in total. The second-order valence-corrected chi connectivity index (χ2v) is 2.84. The highest BCUT2D eigenvalue weighted by Gasteiger charge is 2.25. The fourth-order valence-electron chi connectivity index (χ4n) is 1.23. The van der Waals surface area contributed by atoms with Crippen LogP contribution in [-0.4, -0.2) is 21.2 Å². The lowest BCUT2D eigenvalue weighted by Gasteiger charge is -1.95. The van der Waals surface area contributed by atoms with Crippen molar-refractivity contribution in [2.75, 3.05) is 6.61 Å². The molecule has 1 atom stereocenters. The molecule has 0 amide bonds. The van der Waals surface area contributed by atoms with Crippen molar-refractivity contribution in [1.82, 2.24) is 14.6 Å². The zero-order chi connectivity index (χ0) is 7.97. The first kappa shape index (κ1) is 6.14. The van der Waals surface area contributed by atoms with E-state index in [-0.39, 0.29) is 6.10 Å². The molecule has 0 unspecified atom stereocenters. The zero-order valence-corrected chi connectivity index (χ0v) is 6.34. The van der Waals surface area contributed by atoms with Crippen LogP contribution < -0.4 is 0 Å². The molecule has 4 heteroatoms. The first-order valence-electron chi connectivity index (χ1n) is 3.84. The van der Waals surface area contributed by atoms with Crippen LogP contribution in [0.15, 0.2) is 24.7 Å². The Balaban J connectivity index is 2.21. The highest BCUT2D eigenvalue weighted by atomic mass is 16.6. The van der Waals surface area contributed by atoms with Crippen molar-refractivity contribution in [1.29, 1.82) is 0 Å². The predicted octanol–water partition coefficient (Wildman–Crippen LogP) is 0.801. The highest BCUT2D eigenvalue weighted by Crippen LogP contribution is 2.28. The summed E-state index contributed by atoms with van der Waals surface area (Å²) in [6.45, 7) is 0.814. The average molecular weight is 161 g/mol. The third-order valence-corrected chi connectivity index (χ3v) is 1.97. The van der Waals surface area contributed by atoms with Gasteiger partial charge in [-0.05, 0) is 0 Å². The summed E-state index contributed by atoms with van der Waals surface area (Å²) in [6, 6.07) is 1.87. The monoisotopic (exact) mass is 161 g/mol. The van der Waals surface area contributed by atoms with Crippen molar-refractivity contribution in [3.63, 3.8) is 0 Å². The molecule has 0 radical (unpaired) electrons. The normalized spacial score (nSPS) is 21.5. The summed E-state index contributed by atoms with van der Waals surface area (Å²) in [7, 11) is 0. The van der Waals surface area contributed by atoms with Crippen LogP contribution in [0.3, 0.4) is 0 Å². The third kappa shape index (κ3) is 0.816. The largest absolute Gasteiger partial charge is 0.368 e. The van der Waals surface area contributed by atoms with Gasteiger partial charge in [0, 0.05) is 24.0 Å². The van der Waals surface area contributed by atoms with Crippen LogP contribution in [0.4, 0.5) is 0 Å². The first-order chi connectivity index (χ1) is 5.93. The Morgan fingerprint density at radius 3 is 3.33 bits per heavy atom. The van der Waals surface area contributed by atoms with Crippen LogP contribution >= 0.6 is 0 Å². The van der Waals surface area contributed by atoms with Crippen LogP contribution in [-0.2, 0) is 4.74 Å². The van der Waals surface area contributed by atoms with E-state index >= 15 is 0 Å². The molecule has 0 N–H and O–H groups in total. The Morgan fingerprint density at radius 2 is 2.50 bits per heavy atom. The Hall–Kier alpha value is -1.42. The Morgan fingerprint density at radius 1 is 1.58 bits per heavy atom. The van der Waals surface area contributed by atoms with Crippen molar-refractivity contribution >= 4 is 5.65 Å². The number of epoxide rings is 1. The molecule has 1 fully saturated rings. The first-order valence-corrected chi connectivity index (χ1v) is 3.84. The van der Waals surface area contributed by atoms with Gasteiger partial charge in [-0.3, -0.25) is 0 Å².